The predicted molar refractivity (Wildman–Crippen MR) is 52.3 cm³/mol. The van der Waals surface area contributed by atoms with Crippen LogP contribution in [0.3, 0.4) is 0 Å². The van der Waals surface area contributed by atoms with Crippen molar-refractivity contribution in [2.45, 2.75) is 32.1 Å². The quantitative estimate of drug-likeness (QED) is 0.694. The molecule has 2 N–H and O–H groups in total. The molecule has 2 fully saturated rings. The summed E-state index contributed by atoms with van der Waals surface area (Å²) < 4.78 is 0. The summed E-state index contributed by atoms with van der Waals surface area (Å²) in [6.45, 7) is 0. The van der Waals surface area contributed by atoms with Crippen molar-refractivity contribution in [2.24, 2.45) is 23.7 Å². The monoisotopic (exact) mass is 212 g/mol. The first kappa shape index (κ1) is 10.5. The van der Waals surface area contributed by atoms with Crippen LogP contribution in [-0.4, -0.2) is 22.2 Å². The summed E-state index contributed by atoms with van der Waals surface area (Å²) in [5.41, 5.74) is 0. The van der Waals surface area contributed by atoms with Gasteiger partial charge in [-0.3, -0.25) is 9.59 Å². The Bertz CT molecular complexity index is 272. The highest BCUT2D eigenvalue weighted by molar-refractivity contribution is 5.92. The average Bonchev–Trinajstić information content (AvgIpc) is 2.73. The molecule has 15 heavy (non-hydrogen) atoms. The van der Waals surface area contributed by atoms with Crippen LogP contribution in [0.4, 0.5) is 0 Å². The number of aliphatic carboxylic acids is 2. The summed E-state index contributed by atoms with van der Waals surface area (Å²) in [7, 11) is 0. The third kappa shape index (κ3) is 1.98. The highest BCUT2D eigenvalue weighted by Crippen LogP contribution is 2.50. The van der Waals surface area contributed by atoms with Gasteiger partial charge in [-0.1, -0.05) is 6.42 Å². The van der Waals surface area contributed by atoms with Gasteiger partial charge in [-0.25, -0.2) is 0 Å². The lowest BCUT2D eigenvalue weighted by Crippen LogP contribution is -2.27. The third-order valence-corrected chi connectivity index (χ3v) is 4.02. The number of hydrogen-bond acceptors (Lipinski definition) is 2. The van der Waals surface area contributed by atoms with Crippen molar-refractivity contribution < 1.29 is 19.8 Å². The van der Waals surface area contributed by atoms with Gasteiger partial charge in [0.15, 0.2) is 5.92 Å². The second-order valence-corrected chi connectivity index (χ2v) is 4.90. The summed E-state index contributed by atoms with van der Waals surface area (Å²) in [5, 5.41) is 17.6. The van der Waals surface area contributed by atoms with Crippen LogP contribution >= 0.6 is 0 Å². The Balaban J connectivity index is 1.95. The zero-order chi connectivity index (χ0) is 11.0. The molecule has 2 aliphatic rings. The number of rotatable bonds is 4. The number of carboxylic acid groups (broad SMARTS) is 2. The Morgan fingerprint density at radius 3 is 2.20 bits per heavy atom. The molecule has 2 rings (SSSR count). The fourth-order valence-corrected chi connectivity index (χ4v) is 3.28. The maximum atomic E-state index is 10.8. The first-order valence-electron chi connectivity index (χ1n) is 5.53. The standard InChI is InChI=1S/C11H16O4/c12-10(13)9(11(14)15)5-8-4-6-1-2-7(8)3-6/h6-9H,1-5H2,(H,12,13)(H,14,15). The zero-order valence-corrected chi connectivity index (χ0v) is 8.56. The predicted octanol–water partition coefficient (Wildman–Crippen LogP) is 1.60. The largest absolute Gasteiger partial charge is 0.481 e. The molecule has 0 aromatic rings. The molecule has 0 amide bonds. The highest BCUT2D eigenvalue weighted by atomic mass is 16.4. The maximum Gasteiger partial charge on any atom is 0.317 e. The summed E-state index contributed by atoms with van der Waals surface area (Å²) in [6, 6.07) is 0. The molecule has 0 spiro atoms. The van der Waals surface area contributed by atoms with E-state index in [2.05, 4.69) is 0 Å². The molecule has 2 bridgehead atoms. The molecule has 2 aliphatic carbocycles. The third-order valence-electron chi connectivity index (χ3n) is 4.02. The Labute approximate surface area is 88.3 Å². The van der Waals surface area contributed by atoms with Crippen molar-refractivity contribution in [3.63, 3.8) is 0 Å². The molecule has 4 heteroatoms. The van der Waals surface area contributed by atoms with E-state index in [-0.39, 0.29) is 0 Å². The maximum absolute atomic E-state index is 10.8. The first-order valence-corrected chi connectivity index (χ1v) is 5.53. The molecule has 3 atom stereocenters. The van der Waals surface area contributed by atoms with Gasteiger partial charge in [0, 0.05) is 0 Å². The van der Waals surface area contributed by atoms with Gasteiger partial charge in [0.25, 0.3) is 0 Å². The van der Waals surface area contributed by atoms with Gasteiger partial charge < -0.3 is 10.2 Å². The molecule has 84 valence electrons. The van der Waals surface area contributed by atoms with Gasteiger partial charge in [0.2, 0.25) is 0 Å². The van der Waals surface area contributed by atoms with Crippen molar-refractivity contribution >= 4 is 11.9 Å². The first-order chi connectivity index (χ1) is 7.08. The summed E-state index contributed by atoms with van der Waals surface area (Å²) >= 11 is 0. The van der Waals surface area contributed by atoms with E-state index in [1.165, 1.54) is 19.3 Å². The van der Waals surface area contributed by atoms with E-state index in [1.54, 1.807) is 0 Å². The van der Waals surface area contributed by atoms with Crippen LogP contribution in [-0.2, 0) is 9.59 Å². The summed E-state index contributed by atoms with van der Waals surface area (Å²) in [4.78, 5) is 21.5. The van der Waals surface area contributed by atoms with E-state index in [4.69, 9.17) is 10.2 Å². The van der Waals surface area contributed by atoms with E-state index >= 15 is 0 Å². The minimum absolute atomic E-state index is 0.325. The molecule has 0 aliphatic heterocycles. The van der Waals surface area contributed by atoms with Crippen molar-refractivity contribution in [1.82, 2.24) is 0 Å². The van der Waals surface area contributed by atoms with Gasteiger partial charge in [-0.2, -0.15) is 0 Å². The lowest BCUT2D eigenvalue weighted by atomic mass is 9.82. The van der Waals surface area contributed by atoms with E-state index in [9.17, 15) is 9.59 Å². The number of carboxylic acids is 2. The molecule has 3 unspecified atom stereocenters. The molecule has 0 heterocycles. The fourth-order valence-electron chi connectivity index (χ4n) is 3.28. The van der Waals surface area contributed by atoms with Gasteiger partial charge in [0.05, 0.1) is 0 Å². The van der Waals surface area contributed by atoms with E-state index < -0.39 is 17.9 Å². The van der Waals surface area contributed by atoms with Crippen molar-refractivity contribution in [3.05, 3.63) is 0 Å². The lowest BCUT2D eigenvalue weighted by Gasteiger charge is -2.22. The average molecular weight is 212 g/mol. The normalized spacial score (nSPS) is 33.5. The fraction of sp³-hybridized carbons (Fsp3) is 0.818. The van der Waals surface area contributed by atoms with Crippen LogP contribution in [0.25, 0.3) is 0 Å². The van der Waals surface area contributed by atoms with Crippen molar-refractivity contribution in [1.29, 1.82) is 0 Å². The lowest BCUT2D eigenvalue weighted by molar-refractivity contribution is -0.155. The van der Waals surface area contributed by atoms with E-state index in [0.717, 1.165) is 12.3 Å². The Morgan fingerprint density at radius 1 is 1.13 bits per heavy atom. The molecule has 0 saturated heterocycles. The molecular weight excluding hydrogens is 196 g/mol. The molecule has 0 aromatic heterocycles. The molecular formula is C11H16O4. The molecule has 4 nitrogen and oxygen atoms in total. The molecule has 0 aromatic carbocycles. The highest BCUT2D eigenvalue weighted by Gasteiger charge is 2.42. The Hall–Kier alpha value is -1.06. The minimum atomic E-state index is -1.20. The number of hydrogen-bond donors (Lipinski definition) is 2. The minimum Gasteiger partial charge on any atom is -0.481 e. The van der Waals surface area contributed by atoms with Crippen LogP contribution < -0.4 is 0 Å². The van der Waals surface area contributed by atoms with Crippen LogP contribution in [0.2, 0.25) is 0 Å². The zero-order valence-electron chi connectivity index (χ0n) is 8.56. The number of carbonyl (C=O) groups is 2. The molecule has 0 radical (unpaired) electrons. The second kappa shape index (κ2) is 3.83. The van der Waals surface area contributed by atoms with Gasteiger partial charge in [-0.05, 0) is 43.4 Å². The van der Waals surface area contributed by atoms with E-state index in [0.29, 0.717) is 18.3 Å². The van der Waals surface area contributed by atoms with Crippen molar-refractivity contribution in [2.75, 3.05) is 0 Å². The Kier molecular flexibility index (Phi) is 2.67. The van der Waals surface area contributed by atoms with Crippen LogP contribution in [0, 0.1) is 23.7 Å². The summed E-state index contributed by atoms with van der Waals surface area (Å²) in [6.07, 6.45) is 4.98. The van der Waals surface area contributed by atoms with Crippen LogP contribution in [0.5, 0.6) is 0 Å². The Morgan fingerprint density at radius 2 is 1.80 bits per heavy atom. The van der Waals surface area contributed by atoms with Gasteiger partial charge in [-0.15, -0.1) is 0 Å². The van der Waals surface area contributed by atoms with Crippen LogP contribution in [0.1, 0.15) is 32.1 Å². The van der Waals surface area contributed by atoms with Crippen molar-refractivity contribution in [3.8, 4) is 0 Å². The smallest absolute Gasteiger partial charge is 0.317 e. The second-order valence-electron chi connectivity index (χ2n) is 4.90. The SMILES string of the molecule is O=C(O)C(CC1CC2CCC1C2)C(=O)O. The molecule has 2 saturated carbocycles. The topological polar surface area (TPSA) is 74.6 Å². The summed E-state index contributed by atoms with van der Waals surface area (Å²) in [5.74, 6) is -1.91. The van der Waals surface area contributed by atoms with Gasteiger partial charge in [0.1, 0.15) is 0 Å². The van der Waals surface area contributed by atoms with Gasteiger partial charge >= 0.3 is 11.9 Å². The van der Waals surface area contributed by atoms with E-state index in [1.807, 2.05) is 0 Å². The van der Waals surface area contributed by atoms with Crippen LogP contribution in [0.15, 0.2) is 0 Å². The number of fused-ring (bicyclic) bond motifs is 2.